The van der Waals surface area contributed by atoms with Crippen molar-refractivity contribution < 1.29 is 8.78 Å². The van der Waals surface area contributed by atoms with Gasteiger partial charge in [-0.1, -0.05) is 54.2 Å². The first-order chi connectivity index (χ1) is 13.2. The van der Waals surface area contributed by atoms with Gasteiger partial charge in [0.15, 0.2) is 11.0 Å². The van der Waals surface area contributed by atoms with Crippen LogP contribution >= 0.6 is 11.8 Å². The second-order valence-corrected chi connectivity index (χ2v) is 6.85. The van der Waals surface area contributed by atoms with Crippen molar-refractivity contribution in [1.82, 2.24) is 14.8 Å². The third-order valence-corrected chi connectivity index (χ3v) is 4.99. The molecule has 0 amide bonds. The minimum Gasteiger partial charge on any atom is -0.270 e. The monoisotopic (exact) mass is 379 g/mol. The molecule has 0 radical (unpaired) electrons. The predicted octanol–water partition coefficient (Wildman–Crippen LogP) is 5.50. The van der Waals surface area contributed by atoms with E-state index in [0.29, 0.717) is 22.3 Å². The molecular formula is C21H15F2N3S. The fourth-order valence-corrected chi connectivity index (χ4v) is 3.66. The largest absolute Gasteiger partial charge is 0.270 e. The van der Waals surface area contributed by atoms with Crippen molar-refractivity contribution in [2.45, 2.75) is 10.9 Å². The van der Waals surface area contributed by atoms with Crippen LogP contribution in [0.4, 0.5) is 8.78 Å². The zero-order valence-corrected chi connectivity index (χ0v) is 15.0. The summed E-state index contributed by atoms with van der Waals surface area (Å²) in [5, 5.41) is 9.24. The molecule has 0 saturated carbocycles. The molecule has 1 heterocycles. The summed E-state index contributed by atoms with van der Waals surface area (Å²) in [4.78, 5) is 0. The molecule has 27 heavy (non-hydrogen) atoms. The van der Waals surface area contributed by atoms with E-state index in [9.17, 15) is 8.78 Å². The molecule has 0 aliphatic heterocycles. The van der Waals surface area contributed by atoms with Gasteiger partial charge in [-0.3, -0.25) is 4.57 Å². The van der Waals surface area contributed by atoms with Gasteiger partial charge in [-0.2, -0.15) is 0 Å². The van der Waals surface area contributed by atoms with Gasteiger partial charge in [0.2, 0.25) is 0 Å². The molecule has 0 atom stereocenters. The van der Waals surface area contributed by atoms with E-state index in [4.69, 9.17) is 0 Å². The lowest BCUT2D eigenvalue weighted by Gasteiger charge is -2.10. The molecule has 6 heteroatoms. The third-order valence-electron chi connectivity index (χ3n) is 3.99. The molecule has 0 unspecified atom stereocenters. The number of benzene rings is 3. The summed E-state index contributed by atoms with van der Waals surface area (Å²) < 4.78 is 29.0. The van der Waals surface area contributed by atoms with Gasteiger partial charge in [0.25, 0.3) is 0 Å². The van der Waals surface area contributed by atoms with Crippen LogP contribution in [0, 0.1) is 11.6 Å². The first-order valence-electron chi connectivity index (χ1n) is 8.35. The molecule has 0 spiro atoms. The number of thioether (sulfide) groups is 1. The number of halogens is 2. The van der Waals surface area contributed by atoms with E-state index in [1.165, 1.54) is 36.0 Å². The maximum atomic E-state index is 13.7. The SMILES string of the molecule is Fc1cccc(CSc2nnc(-c3cccc(F)c3)n2-c2ccccc2)c1. The molecule has 0 fully saturated rings. The molecule has 4 aromatic rings. The van der Waals surface area contributed by atoms with Gasteiger partial charge >= 0.3 is 0 Å². The van der Waals surface area contributed by atoms with E-state index in [1.807, 2.05) is 41.0 Å². The van der Waals surface area contributed by atoms with Crippen LogP contribution in [0.5, 0.6) is 0 Å². The minimum atomic E-state index is -0.330. The van der Waals surface area contributed by atoms with Gasteiger partial charge in [-0.05, 0) is 42.0 Å². The molecule has 3 nitrogen and oxygen atoms in total. The number of hydrogen-bond acceptors (Lipinski definition) is 3. The molecule has 3 aromatic carbocycles. The zero-order chi connectivity index (χ0) is 18.6. The van der Waals surface area contributed by atoms with Crippen LogP contribution in [-0.2, 0) is 5.75 Å². The summed E-state index contributed by atoms with van der Waals surface area (Å²) >= 11 is 1.45. The molecule has 1 aromatic heterocycles. The highest BCUT2D eigenvalue weighted by molar-refractivity contribution is 7.98. The Kier molecular flexibility index (Phi) is 4.98. The zero-order valence-electron chi connectivity index (χ0n) is 14.2. The van der Waals surface area contributed by atoms with Crippen LogP contribution < -0.4 is 0 Å². The molecule has 0 N–H and O–H groups in total. The van der Waals surface area contributed by atoms with Crippen LogP contribution in [0.1, 0.15) is 5.56 Å². The second-order valence-electron chi connectivity index (χ2n) is 5.91. The summed E-state index contributed by atoms with van der Waals surface area (Å²) in [7, 11) is 0. The Bertz CT molecular complexity index is 1060. The van der Waals surface area contributed by atoms with Gasteiger partial charge in [0.05, 0.1) is 0 Å². The summed E-state index contributed by atoms with van der Waals surface area (Å²) in [6, 6.07) is 22.4. The average molecular weight is 379 g/mol. The first kappa shape index (κ1) is 17.4. The van der Waals surface area contributed by atoms with Crippen molar-refractivity contribution in [3.05, 3.63) is 96.1 Å². The Hall–Kier alpha value is -2.99. The Labute approximate surface area is 159 Å². The van der Waals surface area contributed by atoms with E-state index in [-0.39, 0.29) is 11.6 Å². The van der Waals surface area contributed by atoms with Gasteiger partial charge in [-0.15, -0.1) is 10.2 Å². The van der Waals surface area contributed by atoms with Crippen molar-refractivity contribution >= 4 is 11.8 Å². The number of aromatic nitrogens is 3. The van der Waals surface area contributed by atoms with E-state index in [1.54, 1.807) is 18.2 Å². The fourth-order valence-electron chi connectivity index (χ4n) is 2.76. The van der Waals surface area contributed by atoms with Crippen LogP contribution in [0.2, 0.25) is 0 Å². The minimum absolute atomic E-state index is 0.266. The highest BCUT2D eigenvalue weighted by Crippen LogP contribution is 2.30. The number of para-hydroxylation sites is 1. The van der Waals surface area contributed by atoms with Gasteiger partial charge in [-0.25, -0.2) is 8.78 Å². The molecule has 134 valence electrons. The normalized spacial score (nSPS) is 10.9. The molecular weight excluding hydrogens is 364 g/mol. The van der Waals surface area contributed by atoms with Crippen molar-refractivity contribution in [2.75, 3.05) is 0 Å². The Morgan fingerprint density at radius 1 is 0.778 bits per heavy atom. The van der Waals surface area contributed by atoms with Crippen molar-refractivity contribution in [3.8, 4) is 17.1 Å². The lowest BCUT2D eigenvalue weighted by atomic mass is 10.2. The number of hydrogen-bond donors (Lipinski definition) is 0. The summed E-state index contributed by atoms with van der Waals surface area (Å²) in [5.41, 5.74) is 2.38. The van der Waals surface area contributed by atoms with Crippen LogP contribution in [0.15, 0.2) is 84.0 Å². The standard InChI is InChI=1S/C21H15F2N3S/c22-17-8-4-6-15(12-17)14-27-21-25-24-20(16-7-5-9-18(23)13-16)26(21)19-10-2-1-3-11-19/h1-13H,14H2. The summed E-state index contributed by atoms with van der Waals surface area (Å²) in [6.07, 6.45) is 0. The number of nitrogens with zero attached hydrogens (tertiary/aromatic N) is 3. The maximum Gasteiger partial charge on any atom is 0.196 e. The second kappa shape index (κ2) is 7.72. The quantitative estimate of drug-likeness (QED) is 0.429. The smallest absolute Gasteiger partial charge is 0.196 e. The van der Waals surface area contributed by atoms with Gasteiger partial charge in [0, 0.05) is 17.0 Å². The third kappa shape index (κ3) is 3.90. The van der Waals surface area contributed by atoms with E-state index < -0.39 is 0 Å². The molecule has 0 saturated heterocycles. The summed E-state index contributed by atoms with van der Waals surface area (Å²) in [6.45, 7) is 0. The molecule has 0 bridgehead atoms. The average Bonchev–Trinajstić information content (AvgIpc) is 3.11. The molecule has 0 aliphatic carbocycles. The van der Waals surface area contributed by atoms with E-state index in [0.717, 1.165) is 11.3 Å². The highest BCUT2D eigenvalue weighted by Gasteiger charge is 2.16. The molecule has 0 aliphatic rings. The maximum absolute atomic E-state index is 13.7. The Morgan fingerprint density at radius 3 is 2.26 bits per heavy atom. The topological polar surface area (TPSA) is 30.7 Å². The Morgan fingerprint density at radius 2 is 1.52 bits per heavy atom. The molecule has 4 rings (SSSR count). The first-order valence-corrected chi connectivity index (χ1v) is 9.33. The lowest BCUT2D eigenvalue weighted by Crippen LogP contribution is -2.00. The number of rotatable bonds is 5. The van der Waals surface area contributed by atoms with Crippen LogP contribution in [0.3, 0.4) is 0 Å². The van der Waals surface area contributed by atoms with Gasteiger partial charge < -0.3 is 0 Å². The van der Waals surface area contributed by atoms with Crippen LogP contribution in [-0.4, -0.2) is 14.8 Å². The van der Waals surface area contributed by atoms with Crippen LogP contribution in [0.25, 0.3) is 17.1 Å². The van der Waals surface area contributed by atoms with E-state index >= 15 is 0 Å². The Balaban J connectivity index is 1.73. The van der Waals surface area contributed by atoms with Crippen molar-refractivity contribution in [3.63, 3.8) is 0 Å². The van der Waals surface area contributed by atoms with Gasteiger partial charge in [0.1, 0.15) is 11.6 Å². The van der Waals surface area contributed by atoms with Crippen molar-refractivity contribution in [1.29, 1.82) is 0 Å². The van der Waals surface area contributed by atoms with E-state index in [2.05, 4.69) is 10.2 Å². The van der Waals surface area contributed by atoms with Crippen molar-refractivity contribution in [2.24, 2.45) is 0 Å². The highest BCUT2D eigenvalue weighted by atomic mass is 32.2. The fraction of sp³-hybridized carbons (Fsp3) is 0.0476. The lowest BCUT2D eigenvalue weighted by molar-refractivity contribution is 0.626. The summed E-state index contributed by atoms with van der Waals surface area (Å²) in [5.74, 6) is 0.510. The predicted molar refractivity (Wildman–Crippen MR) is 103 cm³/mol.